The Morgan fingerprint density at radius 1 is 1.25 bits per heavy atom. The van der Waals surface area contributed by atoms with Gasteiger partial charge in [-0.3, -0.25) is 0 Å². The van der Waals surface area contributed by atoms with E-state index in [0.717, 1.165) is 22.2 Å². The molecule has 0 saturated heterocycles. The second-order valence-corrected chi connectivity index (χ2v) is 10.3. The number of hydrogen-bond acceptors (Lipinski definition) is 5. The summed E-state index contributed by atoms with van der Waals surface area (Å²) in [5, 5.41) is 5.89. The molecule has 9 heteroatoms. The van der Waals surface area contributed by atoms with Crippen molar-refractivity contribution in [2.45, 2.75) is 29.7 Å². The Balaban J connectivity index is 1.66. The molecule has 0 saturated carbocycles. The summed E-state index contributed by atoms with van der Waals surface area (Å²) in [6, 6.07) is 11.0. The van der Waals surface area contributed by atoms with Gasteiger partial charge in [0.25, 0.3) is 10.9 Å². The van der Waals surface area contributed by atoms with Crippen molar-refractivity contribution >= 4 is 32.3 Å². The van der Waals surface area contributed by atoms with Gasteiger partial charge in [-0.25, -0.2) is 12.8 Å². The molecule has 0 fully saturated rings. The first-order chi connectivity index (χ1) is 15.2. The first-order valence-corrected chi connectivity index (χ1v) is 11.7. The number of halogens is 2. The number of benzene rings is 2. The van der Waals surface area contributed by atoms with Gasteiger partial charge in [-0.05, 0) is 54.8 Å². The fourth-order valence-electron chi connectivity index (χ4n) is 4.38. The van der Waals surface area contributed by atoms with Crippen molar-refractivity contribution in [1.29, 1.82) is 0 Å². The molecule has 1 aliphatic rings. The first kappa shape index (κ1) is 20.7. The zero-order valence-electron chi connectivity index (χ0n) is 16.9. The van der Waals surface area contributed by atoms with Crippen molar-refractivity contribution < 1.29 is 17.2 Å². The molecule has 0 aliphatic heterocycles. The molecule has 1 N–H and O–H groups in total. The standard InChI is InChI=1S/C23H17ClFN3O3S/c1-3-14-5-4-6-17(9-14)32(29,30)23(25,22-28-27-13(2)31-22)15-10-18-19-12-16(24)7-8-20(19)26-21(18)11-15/h1,4-9,12,15,26H,10-11H2,2H3. The Hall–Kier alpha value is -3.15. The Labute approximate surface area is 188 Å². The Morgan fingerprint density at radius 2 is 2.06 bits per heavy atom. The van der Waals surface area contributed by atoms with Crippen LogP contribution in [-0.4, -0.2) is 23.6 Å². The first-order valence-electron chi connectivity index (χ1n) is 9.84. The smallest absolute Gasteiger partial charge is 0.294 e. The predicted octanol–water partition coefficient (Wildman–Crippen LogP) is 4.51. The van der Waals surface area contributed by atoms with E-state index in [9.17, 15) is 8.42 Å². The number of fused-ring (bicyclic) bond motifs is 3. The number of H-pyrrole nitrogens is 1. The van der Waals surface area contributed by atoms with Gasteiger partial charge in [-0.2, -0.15) is 0 Å². The number of aromatic amines is 1. The van der Waals surface area contributed by atoms with Gasteiger partial charge in [0, 0.05) is 40.0 Å². The summed E-state index contributed by atoms with van der Waals surface area (Å²) in [5.41, 5.74) is 2.78. The molecule has 0 spiro atoms. The molecule has 0 bridgehead atoms. The number of nitrogens with one attached hydrogen (secondary N) is 1. The van der Waals surface area contributed by atoms with Crippen LogP contribution < -0.4 is 0 Å². The number of terminal acetylenes is 1. The summed E-state index contributed by atoms with van der Waals surface area (Å²) in [6.07, 6.45) is 5.72. The van der Waals surface area contributed by atoms with Gasteiger partial charge in [0.2, 0.25) is 15.7 Å². The SMILES string of the molecule is C#Cc1cccc(S(=O)(=O)C(F)(c2nnc(C)o2)C2Cc3[nH]c4ccc(Cl)cc4c3C2)c1. The Kier molecular flexibility index (Phi) is 4.66. The Morgan fingerprint density at radius 3 is 2.78 bits per heavy atom. The number of aryl methyl sites for hydroxylation is 1. The van der Waals surface area contributed by atoms with Gasteiger partial charge in [-0.15, -0.1) is 16.6 Å². The maximum absolute atomic E-state index is 17.0. The quantitative estimate of drug-likeness (QED) is 0.444. The van der Waals surface area contributed by atoms with Gasteiger partial charge in [0.15, 0.2) is 0 Å². The van der Waals surface area contributed by atoms with Crippen molar-refractivity contribution in [3.8, 4) is 12.3 Å². The van der Waals surface area contributed by atoms with Crippen LogP contribution in [0.4, 0.5) is 4.39 Å². The van der Waals surface area contributed by atoms with E-state index in [1.165, 1.54) is 25.1 Å². The number of hydrogen-bond donors (Lipinski definition) is 1. The largest absolute Gasteiger partial charge is 0.421 e. The van der Waals surface area contributed by atoms with E-state index in [4.69, 9.17) is 22.4 Å². The minimum atomic E-state index is -4.61. The van der Waals surface area contributed by atoms with Crippen molar-refractivity contribution in [2.24, 2.45) is 5.92 Å². The van der Waals surface area contributed by atoms with E-state index >= 15 is 4.39 Å². The predicted molar refractivity (Wildman–Crippen MR) is 118 cm³/mol. The van der Waals surface area contributed by atoms with Gasteiger partial charge in [0.05, 0.1) is 4.90 Å². The van der Waals surface area contributed by atoms with Crippen LogP contribution in [-0.2, 0) is 27.7 Å². The Bertz CT molecular complexity index is 1520. The number of sulfone groups is 1. The lowest BCUT2D eigenvalue weighted by molar-refractivity contribution is 0.137. The summed E-state index contributed by atoms with van der Waals surface area (Å²) < 4.78 is 49.8. The lowest BCUT2D eigenvalue weighted by Crippen LogP contribution is -2.40. The number of aromatic nitrogens is 3. The molecule has 4 aromatic rings. The van der Waals surface area contributed by atoms with Gasteiger partial charge < -0.3 is 9.40 Å². The monoisotopic (exact) mass is 469 g/mol. The fraction of sp³-hybridized carbons (Fsp3) is 0.217. The fourth-order valence-corrected chi connectivity index (χ4v) is 6.35. The van der Waals surface area contributed by atoms with Crippen LogP contribution in [0.3, 0.4) is 0 Å². The van der Waals surface area contributed by atoms with Gasteiger partial charge in [0.1, 0.15) is 0 Å². The zero-order valence-corrected chi connectivity index (χ0v) is 18.5. The zero-order chi connectivity index (χ0) is 22.7. The topological polar surface area (TPSA) is 88.8 Å². The van der Waals surface area contributed by atoms with Crippen LogP contribution in [0.15, 0.2) is 51.8 Å². The van der Waals surface area contributed by atoms with Crippen LogP contribution in [0.25, 0.3) is 10.9 Å². The van der Waals surface area contributed by atoms with Gasteiger partial charge >= 0.3 is 0 Å². The second kappa shape index (κ2) is 7.19. The summed E-state index contributed by atoms with van der Waals surface area (Å²) in [6.45, 7) is 1.48. The lowest BCUT2D eigenvalue weighted by atomic mass is 9.98. The van der Waals surface area contributed by atoms with E-state index in [0.29, 0.717) is 10.6 Å². The molecule has 32 heavy (non-hydrogen) atoms. The van der Waals surface area contributed by atoms with Crippen LogP contribution in [0.1, 0.15) is 28.6 Å². The second-order valence-electron chi connectivity index (χ2n) is 7.82. The molecule has 2 unspecified atom stereocenters. The normalized spacial score (nSPS) is 17.8. The summed E-state index contributed by atoms with van der Waals surface area (Å²) in [4.78, 5) is 3.02. The molecule has 162 valence electrons. The van der Waals surface area contributed by atoms with E-state index in [1.807, 2.05) is 6.07 Å². The molecule has 0 amide bonds. The highest BCUT2D eigenvalue weighted by molar-refractivity contribution is 7.92. The third kappa shape index (κ3) is 2.96. The number of rotatable bonds is 4. The minimum Gasteiger partial charge on any atom is -0.421 e. The number of nitrogens with zero attached hydrogens (tertiary/aromatic N) is 2. The van der Waals surface area contributed by atoms with E-state index < -0.39 is 26.6 Å². The number of alkyl halides is 1. The maximum Gasteiger partial charge on any atom is 0.294 e. The van der Waals surface area contributed by atoms with Crippen LogP contribution in [0.5, 0.6) is 0 Å². The third-order valence-corrected chi connectivity index (χ3v) is 8.30. The molecule has 2 heterocycles. The van der Waals surface area contributed by atoms with Gasteiger partial charge in [-0.1, -0.05) is 23.6 Å². The molecule has 2 atom stereocenters. The van der Waals surface area contributed by atoms with Crippen molar-refractivity contribution in [2.75, 3.05) is 0 Å². The lowest BCUT2D eigenvalue weighted by Gasteiger charge is -2.28. The van der Waals surface area contributed by atoms with E-state index in [1.54, 1.807) is 18.2 Å². The van der Waals surface area contributed by atoms with Crippen molar-refractivity contribution in [3.05, 3.63) is 76.1 Å². The average Bonchev–Trinajstić information content (AvgIpc) is 3.48. The van der Waals surface area contributed by atoms with Crippen molar-refractivity contribution in [3.63, 3.8) is 0 Å². The van der Waals surface area contributed by atoms with E-state index in [2.05, 4.69) is 21.1 Å². The molecule has 6 nitrogen and oxygen atoms in total. The van der Waals surface area contributed by atoms with Crippen molar-refractivity contribution in [1.82, 2.24) is 15.2 Å². The average molecular weight is 470 g/mol. The molecular weight excluding hydrogens is 453 g/mol. The molecule has 1 aliphatic carbocycles. The molecule has 0 radical (unpaired) electrons. The molecular formula is C23H17ClFN3O3S. The third-order valence-electron chi connectivity index (χ3n) is 5.90. The molecule has 2 aromatic heterocycles. The summed E-state index contributed by atoms with van der Waals surface area (Å²) >= 11 is 6.15. The van der Waals surface area contributed by atoms with E-state index in [-0.39, 0.29) is 23.6 Å². The summed E-state index contributed by atoms with van der Waals surface area (Å²) in [7, 11) is -4.61. The highest BCUT2D eigenvalue weighted by atomic mass is 35.5. The highest BCUT2D eigenvalue weighted by Crippen LogP contribution is 2.49. The molecule has 5 rings (SSSR count). The van der Waals surface area contributed by atoms with Crippen LogP contribution >= 0.6 is 11.6 Å². The summed E-state index contributed by atoms with van der Waals surface area (Å²) in [5.74, 6) is 0.878. The molecule has 2 aromatic carbocycles. The highest BCUT2D eigenvalue weighted by Gasteiger charge is 2.59. The maximum atomic E-state index is 17.0. The van der Waals surface area contributed by atoms with Crippen LogP contribution in [0, 0.1) is 25.2 Å². The van der Waals surface area contributed by atoms with Crippen LogP contribution in [0.2, 0.25) is 5.02 Å². The minimum absolute atomic E-state index is 0.0725.